The summed E-state index contributed by atoms with van der Waals surface area (Å²) >= 11 is 0. The van der Waals surface area contributed by atoms with Crippen molar-refractivity contribution < 1.29 is 4.74 Å². The lowest BCUT2D eigenvalue weighted by molar-refractivity contribution is 0.406. The Bertz CT molecular complexity index is 590. The molecule has 0 aliphatic heterocycles. The van der Waals surface area contributed by atoms with Gasteiger partial charge in [-0.05, 0) is 38.9 Å². The number of ether oxygens (including phenoxy) is 1. The molecule has 1 N–H and O–H groups in total. The van der Waals surface area contributed by atoms with Crippen molar-refractivity contribution in [2.24, 2.45) is 0 Å². The van der Waals surface area contributed by atoms with E-state index in [1.807, 2.05) is 13.1 Å². The van der Waals surface area contributed by atoms with Crippen LogP contribution in [-0.4, -0.2) is 23.2 Å². The first kappa shape index (κ1) is 15.6. The summed E-state index contributed by atoms with van der Waals surface area (Å²) in [5.74, 6) is 0.942. The third kappa shape index (κ3) is 3.64. The molecule has 0 unspecified atom stereocenters. The van der Waals surface area contributed by atoms with E-state index in [0.717, 1.165) is 48.6 Å². The van der Waals surface area contributed by atoms with Crippen molar-refractivity contribution in [3.8, 4) is 5.75 Å². The monoisotopic (exact) mass is 287 g/mol. The second-order valence-corrected chi connectivity index (χ2v) is 5.35. The second-order valence-electron chi connectivity index (χ2n) is 5.35. The fourth-order valence-corrected chi connectivity index (χ4v) is 2.55. The largest absolute Gasteiger partial charge is 0.496 e. The quantitative estimate of drug-likeness (QED) is 0.796. The highest BCUT2D eigenvalue weighted by Gasteiger charge is 2.11. The maximum atomic E-state index is 5.48. The number of nitrogens with zero attached hydrogens (tertiary/aromatic N) is 2. The van der Waals surface area contributed by atoms with E-state index in [0.29, 0.717) is 0 Å². The van der Waals surface area contributed by atoms with Gasteiger partial charge in [0.2, 0.25) is 0 Å². The second kappa shape index (κ2) is 7.27. The Labute approximate surface area is 127 Å². The summed E-state index contributed by atoms with van der Waals surface area (Å²) in [5, 5.41) is 3.44. The lowest BCUT2D eigenvalue weighted by Gasteiger charge is -2.14. The first-order chi connectivity index (χ1) is 10.2. The van der Waals surface area contributed by atoms with Crippen LogP contribution in [0.5, 0.6) is 5.75 Å². The third-order valence-electron chi connectivity index (χ3n) is 3.73. The zero-order valence-electron chi connectivity index (χ0n) is 13.4. The summed E-state index contributed by atoms with van der Waals surface area (Å²) in [6.07, 6.45) is 5.15. The molecule has 2 aromatic heterocycles. The van der Waals surface area contributed by atoms with E-state index in [-0.39, 0.29) is 0 Å². The average molecular weight is 287 g/mol. The van der Waals surface area contributed by atoms with Crippen LogP contribution in [0.3, 0.4) is 0 Å². The molecule has 2 heterocycles. The molecule has 0 atom stereocenters. The van der Waals surface area contributed by atoms with E-state index < -0.39 is 0 Å². The lowest BCUT2D eigenvalue weighted by atomic mass is 10.1. The summed E-state index contributed by atoms with van der Waals surface area (Å²) in [7, 11) is 1.72. The average Bonchev–Trinajstić information content (AvgIpc) is 2.90. The Balaban J connectivity index is 2.17. The van der Waals surface area contributed by atoms with Crippen LogP contribution < -0.4 is 10.1 Å². The molecule has 4 heteroatoms. The van der Waals surface area contributed by atoms with Gasteiger partial charge in [0, 0.05) is 35.8 Å². The van der Waals surface area contributed by atoms with Gasteiger partial charge < -0.3 is 14.6 Å². The van der Waals surface area contributed by atoms with Crippen LogP contribution in [0, 0.1) is 13.8 Å². The smallest absolute Gasteiger partial charge is 0.128 e. The van der Waals surface area contributed by atoms with E-state index >= 15 is 0 Å². The van der Waals surface area contributed by atoms with Gasteiger partial charge >= 0.3 is 0 Å². The minimum absolute atomic E-state index is 0.776. The number of aryl methyl sites for hydroxylation is 1. The van der Waals surface area contributed by atoms with Crippen molar-refractivity contribution in [3.05, 3.63) is 47.0 Å². The zero-order chi connectivity index (χ0) is 15.2. The van der Waals surface area contributed by atoms with Crippen LogP contribution in [0.1, 0.15) is 35.9 Å². The van der Waals surface area contributed by atoms with Gasteiger partial charge in [-0.2, -0.15) is 0 Å². The highest BCUT2D eigenvalue weighted by molar-refractivity contribution is 5.41. The topological polar surface area (TPSA) is 39.1 Å². The van der Waals surface area contributed by atoms with Gasteiger partial charge in [0.1, 0.15) is 5.75 Å². The van der Waals surface area contributed by atoms with Crippen LogP contribution >= 0.6 is 0 Å². The van der Waals surface area contributed by atoms with Crippen molar-refractivity contribution in [2.75, 3.05) is 13.7 Å². The molecule has 2 rings (SSSR count). The molecule has 0 aliphatic carbocycles. The molecular weight excluding hydrogens is 262 g/mol. The van der Waals surface area contributed by atoms with Gasteiger partial charge in [0.05, 0.1) is 19.3 Å². The van der Waals surface area contributed by atoms with Crippen molar-refractivity contribution >= 4 is 0 Å². The lowest BCUT2D eigenvalue weighted by Crippen LogP contribution is -2.17. The molecule has 0 bridgehead atoms. The first-order valence-electron chi connectivity index (χ1n) is 7.51. The number of aromatic nitrogens is 2. The van der Waals surface area contributed by atoms with Gasteiger partial charge in [-0.25, -0.2) is 0 Å². The zero-order valence-corrected chi connectivity index (χ0v) is 13.4. The molecule has 0 spiro atoms. The van der Waals surface area contributed by atoms with Crippen molar-refractivity contribution in [1.29, 1.82) is 0 Å². The van der Waals surface area contributed by atoms with Crippen LogP contribution in [0.15, 0.2) is 24.5 Å². The van der Waals surface area contributed by atoms with Crippen LogP contribution in [0.2, 0.25) is 0 Å². The fourth-order valence-electron chi connectivity index (χ4n) is 2.55. The summed E-state index contributed by atoms with van der Waals surface area (Å²) < 4.78 is 7.73. The van der Waals surface area contributed by atoms with E-state index in [9.17, 15) is 0 Å². The number of pyridine rings is 1. The number of hydrogen-bond acceptors (Lipinski definition) is 3. The molecule has 114 valence electrons. The SMILES string of the molecule is CCCNCc1cccn1Cc1ncc(C)c(OC)c1C. The molecule has 0 aromatic carbocycles. The summed E-state index contributed by atoms with van der Waals surface area (Å²) in [6.45, 7) is 8.99. The van der Waals surface area contributed by atoms with Crippen LogP contribution in [0.4, 0.5) is 0 Å². The van der Waals surface area contributed by atoms with Crippen molar-refractivity contribution in [3.63, 3.8) is 0 Å². The number of hydrogen-bond donors (Lipinski definition) is 1. The number of rotatable bonds is 7. The Morgan fingerprint density at radius 3 is 2.86 bits per heavy atom. The standard InChI is InChI=1S/C17H25N3O/c1-5-8-18-11-15-7-6-9-20(15)12-16-14(3)17(21-4)13(2)10-19-16/h6-7,9-10,18H,5,8,11-12H2,1-4H3. The van der Waals surface area contributed by atoms with Crippen molar-refractivity contribution in [2.45, 2.75) is 40.3 Å². The maximum Gasteiger partial charge on any atom is 0.128 e. The first-order valence-corrected chi connectivity index (χ1v) is 7.51. The number of methoxy groups -OCH3 is 1. The molecule has 0 fully saturated rings. The molecular formula is C17H25N3O. The number of nitrogens with one attached hydrogen (secondary N) is 1. The van der Waals surface area contributed by atoms with E-state index in [1.165, 1.54) is 5.69 Å². The van der Waals surface area contributed by atoms with Gasteiger partial charge in [-0.3, -0.25) is 4.98 Å². The minimum Gasteiger partial charge on any atom is -0.496 e. The third-order valence-corrected chi connectivity index (χ3v) is 3.73. The molecule has 0 saturated heterocycles. The van der Waals surface area contributed by atoms with E-state index in [4.69, 9.17) is 4.74 Å². The highest BCUT2D eigenvalue weighted by Crippen LogP contribution is 2.24. The summed E-state index contributed by atoms with van der Waals surface area (Å²) in [6, 6.07) is 4.24. The molecule has 0 saturated carbocycles. The van der Waals surface area contributed by atoms with E-state index in [1.54, 1.807) is 7.11 Å². The molecule has 0 amide bonds. The highest BCUT2D eigenvalue weighted by atomic mass is 16.5. The molecule has 2 aromatic rings. The summed E-state index contributed by atoms with van der Waals surface area (Å²) in [5.41, 5.74) is 4.55. The minimum atomic E-state index is 0.776. The van der Waals surface area contributed by atoms with Crippen LogP contribution in [0.25, 0.3) is 0 Å². The Morgan fingerprint density at radius 2 is 2.14 bits per heavy atom. The maximum absolute atomic E-state index is 5.48. The predicted octanol–water partition coefficient (Wildman–Crippen LogP) is 3.06. The van der Waals surface area contributed by atoms with Gasteiger partial charge in [-0.1, -0.05) is 6.92 Å². The Kier molecular flexibility index (Phi) is 5.39. The van der Waals surface area contributed by atoms with Gasteiger partial charge in [-0.15, -0.1) is 0 Å². The normalized spacial score (nSPS) is 10.9. The van der Waals surface area contributed by atoms with Gasteiger partial charge in [0.15, 0.2) is 0 Å². The van der Waals surface area contributed by atoms with E-state index in [2.05, 4.69) is 47.0 Å². The fraction of sp³-hybridized carbons (Fsp3) is 0.471. The van der Waals surface area contributed by atoms with Gasteiger partial charge in [0.25, 0.3) is 0 Å². The molecule has 0 radical (unpaired) electrons. The predicted molar refractivity (Wildman–Crippen MR) is 85.8 cm³/mol. The summed E-state index contributed by atoms with van der Waals surface area (Å²) in [4.78, 5) is 4.58. The Hall–Kier alpha value is -1.81. The Morgan fingerprint density at radius 1 is 1.33 bits per heavy atom. The van der Waals surface area contributed by atoms with Crippen LogP contribution in [-0.2, 0) is 13.1 Å². The van der Waals surface area contributed by atoms with Crippen molar-refractivity contribution in [1.82, 2.24) is 14.9 Å². The molecule has 21 heavy (non-hydrogen) atoms. The molecule has 4 nitrogen and oxygen atoms in total. The molecule has 0 aliphatic rings.